The fourth-order valence-electron chi connectivity index (χ4n) is 19.1. The number of phenols is 5. The molecule has 5 heterocycles. The van der Waals surface area contributed by atoms with E-state index in [0.29, 0.717) is 44.3 Å². The molecule has 0 bridgehead atoms. The van der Waals surface area contributed by atoms with Crippen molar-refractivity contribution in [3.63, 3.8) is 0 Å². The van der Waals surface area contributed by atoms with Crippen molar-refractivity contribution in [2.75, 3.05) is 40.8 Å². The predicted octanol–water partition coefficient (Wildman–Crippen LogP) is 24.1. The van der Waals surface area contributed by atoms with Crippen LogP contribution >= 0.6 is 11.6 Å². The third-order valence-electron chi connectivity index (χ3n) is 25.7. The smallest absolute Gasteiger partial charge is 0.508 e. The predicted molar refractivity (Wildman–Crippen MR) is 508 cm³/mol. The number of amides is 5. The Morgan fingerprint density at radius 1 is 0.254 bits per heavy atom. The Morgan fingerprint density at radius 3 is 0.711 bits per heavy atom. The van der Waals surface area contributed by atoms with Gasteiger partial charge in [0.05, 0.1) is 42.4 Å². The van der Waals surface area contributed by atoms with Crippen LogP contribution < -0.4 is 45.5 Å². The molecule has 0 saturated carbocycles. The maximum absolute atomic E-state index is 13.6. The Balaban J connectivity index is 0.000000128. The van der Waals surface area contributed by atoms with Crippen molar-refractivity contribution >= 4 is 69.6 Å². The number of aryl methyl sites for hydroxylation is 3. The first-order chi connectivity index (χ1) is 67.4. The molecule has 722 valence electrons. The van der Waals surface area contributed by atoms with Crippen molar-refractivity contribution < 1.29 is 121 Å². The molecule has 5 aliphatic heterocycles. The molecule has 0 spiro atoms. The number of benzene rings is 15. The zero-order valence-electron chi connectivity index (χ0n) is 75.5. The molecule has 15 aromatic rings. The van der Waals surface area contributed by atoms with E-state index in [1.165, 1.54) is 122 Å². The van der Waals surface area contributed by atoms with Crippen LogP contribution in [0.25, 0.3) is 0 Å². The highest BCUT2D eigenvalue weighted by Crippen LogP contribution is 2.58. The van der Waals surface area contributed by atoms with Gasteiger partial charge in [0.15, 0.2) is 0 Å². The number of fused-ring (bicyclic) bond motifs is 5. The molecule has 142 heavy (non-hydrogen) atoms. The SMILES string of the molecule is COc1ccc([C@@]2(c3ccc(O)cc3)C(=O)Nc3c(C(F)(F)F)cccc32)cc1.COc1ccc([C@@]2(c3ccc(O)cc3)C(=O)Nc3c(C)cccc32)cc1.Cc1ccc([C@]2(c3ccc(O)cc3)C(=O)Nc3c2ccc(Cl)c3C)cc1.Cc1cccc2c1NC(=O)[C@]2(c1ccc(O)cc1)c1ccc(OC(F)(F)F)cc1.O=C1Nc2c(C(F)(F)F)cccc2[C@@]1(c1ccc(O)cc1)c1ccc(OC(F)(F)F)cc1. The second-order valence-corrected chi connectivity index (χ2v) is 34.2. The van der Waals surface area contributed by atoms with Crippen molar-refractivity contribution in [1.29, 1.82) is 0 Å². The average molecular weight is 1960 g/mol. The Labute approximate surface area is 808 Å². The number of carbonyl (C=O) groups excluding carboxylic acids is 5. The number of aromatic hydroxyl groups is 5. The summed E-state index contributed by atoms with van der Waals surface area (Å²) in [5.74, 6) is -1.37. The minimum atomic E-state index is -4.94. The molecule has 5 atom stereocenters. The summed E-state index contributed by atoms with van der Waals surface area (Å²) < 4.78 is 175. The fourth-order valence-corrected chi connectivity index (χ4v) is 19.3. The van der Waals surface area contributed by atoms with Gasteiger partial charge in [-0.2, -0.15) is 26.3 Å². The number of alkyl halides is 12. The summed E-state index contributed by atoms with van der Waals surface area (Å²) in [5.41, 5.74) is 5.30. The molecule has 20 rings (SSSR count). The lowest BCUT2D eigenvalue weighted by molar-refractivity contribution is -0.275. The van der Waals surface area contributed by atoms with Crippen LogP contribution in [0.5, 0.6) is 51.7 Å². The summed E-state index contributed by atoms with van der Waals surface area (Å²) in [6, 6.07) is 85.0. The van der Waals surface area contributed by atoms with Crippen LogP contribution in [0.15, 0.2) is 328 Å². The first kappa shape index (κ1) is 98.4. The van der Waals surface area contributed by atoms with E-state index in [1.54, 1.807) is 92.0 Å². The average Bonchev–Trinajstić information content (AvgIpc) is 1.57. The number of hydrogen-bond acceptors (Lipinski definition) is 14. The highest BCUT2D eigenvalue weighted by molar-refractivity contribution is 6.32. The van der Waals surface area contributed by atoms with Gasteiger partial charge in [0.1, 0.15) is 78.8 Å². The van der Waals surface area contributed by atoms with Gasteiger partial charge in [-0.1, -0.05) is 217 Å². The van der Waals surface area contributed by atoms with Crippen molar-refractivity contribution in [2.45, 2.75) is 79.8 Å². The van der Waals surface area contributed by atoms with Crippen molar-refractivity contribution in [1.82, 2.24) is 0 Å². The standard InChI is InChI=1S/C22H18ClNO2.C22H13F6NO3.2C22H16F3NO3.C22H19NO3/c1-13-3-5-15(6-4-13)22(16-7-9-17(25)10-8-16)18-11-12-19(23)14(2)20(18)24-21(22)26;23-21(24,25)17-3-1-2-16-18(17)29-19(31)20(16,12-4-8-14(30)9-5-12)13-6-10-15(11-7-13)32-22(26,27)28;1-29-16-11-7-14(8-12-16)21(13-5-9-15(27)10-6-13)17-3-2-4-18(22(23,24)25)19(17)26-20(21)28;1-13-3-2-4-18-19(13)26-20(28)21(18,14-5-9-16(27)10-6-14)15-7-11-17(12-8-15)29-22(23,24)25;1-14-4-3-5-19-20(14)23-21(25)22(19,15-6-10-17(24)11-7-15)16-8-12-18(26-2)13-9-16/h3-12,25H,1-2H3,(H,24,26);1-11,30H,(H,29,31);2*2-12,27H,1H3,(H,26,28);3-13,24H,1-2H3,(H,23,25)/t22-;20-;2*21-;22-/m11111/s1. The molecule has 0 fully saturated rings. The molecule has 0 aromatic heterocycles. The van der Waals surface area contributed by atoms with E-state index in [1.807, 2.05) is 125 Å². The molecule has 32 heteroatoms. The van der Waals surface area contributed by atoms with Gasteiger partial charge in [0.2, 0.25) is 29.5 Å². The van der Waals surface area contributed by atoms with Gasteiger partial charge in [-0.05, 0) is 227 Å². The molecule has 19 nitrogen and oxygen atoms in total. The molecule has 10 N–H and O–H groups in total. The molecule has 0 aliphatic carbocycles. The van der Waals surface area contributed by atoms with Gasteiger partial charge in [-0.3, -0.25) is 24.0 Å². The van der Waals surface area contributed by atoms with Gasteiger partial charge < -0.3 is 71.1 Å². The highest BCUT2D eigenvalue weighted by Gasteiger charge is 2.57. The number of nitrogens with one attached hydrogen (secondary N) is 5. The van der Waals surface area contributed by atoms with Gasteiger partial charge in [-0.15, -0.1) is 26.3 Å². The lowest BCUT2D eigenvalue weighted by Gasteiger charge is -2.29. The van der Waals surface area contributed by atoms with Crippen LogP contribution in [0, 0.1) is 27.7 Å². The fraction of sp³-hybridized carbons (Fsp3) is 0.136. The summed E-state index contributed by atoms with van der Waals surface area (Å²) in [7, 11) is 3.11. The maximum atomic E-state index is 13.6. The molecule has 15 aromatic carbocycles. The number of ether oxygens (including phenoxy) is 4. The normalized spacial score (nSPS) is 18.3. The number of phenolic OH excluding ortho intramolecular Hbond substituents is 5. The monoisotopic (exact) mass is 1960 g/mol. The van der Waals surface area contributed by atoms with Gasteiger partial charge in [-0.25, -0.2) is 0 Å². The van der Waals surface area contributed by atoms with E-state index in [9.17, 15) is 102 Å². The third kappa shape index (κ3) is 17.8. The zero-order valence-corrected chi connectivity index (χ0v) is 76.3. The van der Waals surface area contributed by atoms with E-state index >= 15 is 0 Å². The number of anilines is 5. The summed E-state index contributed by atoms with van der Waals surface area (Å²) in [4.78, 5) is 66.6. The highest BCUT2D eigenvalue weighted by atomic mass is 35.5. The Morgan fingerprint density at radius 2 is 0.465 bits per heavy atom. The molecule has 5 aliphatic rings. The van der Waals surface area contributed by atoms with Crippen molar-refractivity contribution in [3.8, 4) is 51.7 Å². The number of rotatable bonds is 14. The number of para-hydroxylation sites is 4. The lowest BCUT2D eigenvalue weighted by Crippen LogP contribution is -2.37. The van der Waals surface area contributed by atoms with Gasteiger partial charge in [0, 0.05) is 44.2 Å². The van der Waals surface area contributed by atoms with E-state index in [2.05, 4.69) is 36.1 Å². The van der Waals surface area contributed by atoms with Crippen molar-refractivity contribution in [2.24, 2.45) is 0 Å². The number of halogens is 13. The number of methoxy groups -OCH3 is 2. The molecule has 0 saturated heterocycles. The topological polar surface area (TPSA) is 284 Å². The Hall–Kier alpha value is -16.7. The number of carbonyl (C=O) groups is 5. The molecule has 0 radical (unpaired) electrons. The second-order valence-electron chi connectivity index (χ2n) is 33.8. The molecular formula is C110H82ClF12N5O14. The van der Waals surface area contributed by atoms with Gasteiger partial charge >= 0.3 is 25.1 Å². The summed E-state index contributed by atoms with van der Waals surface area (Å²) in [6.07, 6.45) is -19.1. The van der Waals surface area contributed by atoms with E-state index in [4.69, 9.17) is 21.1 Å². The van der Waals surface area contributed by atoms with Gasteiger partial charge in [0.25, 0.3) is 0 Å². The summed E-state index contributed by atoms with van der Waals surface area (Å²) in [6.45, 7) is 7.78. The number of hydrogen-bond donors (Lipinski definition) is 10. The van der Waals surface area contributed by atoms with Crippen LogP contribution in [-0.2, 0) is 63.4 Å². The van der Waals surface area contributed by atoms with Crippen molar-refractivity contribution in [3.05, 3.63) is 449 Å². The summed E-state index contributed by atoms with van der Waals surface area (Å²) in [5, 5.41) is 62.8. The summed E-state index contributed by atoms with van der Waals surface area (Å²) >= 11 is 6.28. The maximum Gasteiger partial charge on any atom is 0.573 e. The van der Waals surface area contributed by atoms with E-state index in [0.717, 1.165) is 103 Å². The molecule has 5 amide bonds. The quantitative estimate of drug-likeness (QED) is 0.0453. The van der Waals surface area contributed by atoms with E-state index in [-0.39, 0.29) is 80.2 Å². The lowest BCUT2D eigenvalue weighted by atomic mass is 9.70. The van der Waals surface area contributed by atoms with Crippen LogP contribution in [0.2, 0.25) is 5.02 Å². The van der Waals surface area contributed by atoms with Crippen LogP contribution in [-0.4, -0.2) is 82.0 Å². The third-order valence-corrected chi connectivity index (χ3v) is 26.1. The minimum absolute atomic E-state index is 0.0127. The van der Waals surface area contributed by atoms with Crippen LogP contribution in [0.3, 0.4) is 0 Å². The van der Waals surface area contributed by atoms with Crippen LogP contribution in [0.1, 0.15) is 117 Å². The molecular weight excluding hydrogens is 1880 g/mol. The molecule has 0 unspecified atom stereocenters. The van der Waals surface area contributed by atoms with E-state index < -0.39 is 86.5 Å². The van der Waals surface area contributed by atoms with Crippen LogP contribution in [0.4, 0.5) is 81.1 Å². The first-order valence-electron chi connectivity index (χ1n) is 43.5. The minimum Gasteiger partial charge on any atom is -0.508 e. The first-order valence-corrected chi connectivity index (χ1v) is 43.9. The Bertz CT molecular complexity index is 7300. The Kier molecular flexibility index (Phi) is 26.2. The largest absolute Gasteiger partial charge is 0.573 e. The second kappa shape index (κ2) is 37.9. The zero-order chi connectivity index (χ0) is 102.